The number of nitrogens with two attached hydrogens (primary N) is 1. The van der Waals surface area contributed by atoms with Crippen LogP contribution in [0.3, 0.4) is 0 Å². The Morgan fingerprint density at radius 3 is 2.70 bits per heavy atom. The summed E-state index contributed by atoms with van der Waals surface area (Å²) in [4.78, 5) is 12.0. The molecule has 1 heterocycles. The third kappa shape index (κ3) is 3.27. The molecule has 7 nitrogen and oxygen atoms in total. The van der Waals surface area contributed by atoms with Crippen LogP contribution in [0.2, 0.25) is 0 Å². The van der Waals surface area contributed by atoms with E-state index in [0.29, 0.717) is 0 Å². The second-order valence-electron chi connectivity index (χ2n) is 5.07. The summed E-state index contributed by atoms with van der Waals surface area (Å²) in [5.41, 5.74) is 5.43. The topological polar surface area (TPSA) is 102 Å². The van der Waals surface area contributed by atoms with E-state index >= 15 is 0 Å². The van der Waals surface area contributed by atoms with Crippen LogP contribution in [-0.2, 0) is 19.6 Å². The smallest absolute Gasteiger partial charge is 0.241 e. The minimum absolute atomic E-state index is 0.0574. The Balaban J connectivity index is 2.17. The number of ether oxygens (including phenoxy) is 1. The molecule has 2 atom stereocenters. The number of rotatable bonds is 5. The molecule has 20 heavy (non-hydrogen) atoms. The predicted octanol–water partition coefficient (Wildman–Crippen LogP) is -1.03. The molecule has 0 bridgehead atoms. The van der Waals surface area contributed by atoms with Crippen molar-refractivity contribution in [3.8, 4) is 0 Å². The van der Waals surface area contributed by atoms with Crippen molar-refractivity contribution >= 4 is 33.1 Å². The zero-order chi connectivity index (χ0) is 14.9. The van der Waals surface area contributed by atoms with E-state index in [1.165, 1.54) is 6.92 Å². The van der Waals surface area contributed by atoms with Crippen LogP contribution in [0.4, 0.5) is 0 Å². The zero-order valence-corrected chi connectivity index (χ0v) is 12.9. The van der Waals surface area contributed by atoms with Gasteiger partial charge < -0.3 is 15.8 Å². The van der Waals surface area contributed by atoms with Gasteiger partial charge in [0.25, 0.3) is 0 Å². The molecule has 114 valence electrons. The maximum absolute atomic E-state index is 12.5. The molecule has 1 aliphatic heterocycles. The molecule has 1 aliphatic carbocycles. The van der Waals surface area contributed by atoms with E-state index < -0.39 is 21.3 Å². The van der Waals surface area contributed by atoms with Gasteiger partial charge in [-0.1, -0.05) is 12.2 Å². The molecule has 2 unspecified atom stereocenters. The number of hydrogen-bond donors (Lipinski definition) is 2. The SMILES string of the molecule is CC(C(N)=S)S(=O)(=O)N1CCOCC1C(=O)NC1CC1. The molecule has 0 aromatic rings. The first kappa shape index (κ1) is 15.6. The molecule has 2 fully saturated rings. The number of hydrogen-bond acceptors (Lipinski definition) is 5. The van der Waals surface area contributed by atoms with Crippen LogP contribution in [0.25, 0.3) is 0 Å². The molecule has 1 amide bonds. The van der Waals surface area contributed by atoms with E-state index in [0.717, 1.165) is 17.1 Å². The van der Waals surface area contributed by atoms with Gasteiger partial charge in [-0.2, -0.15) is 4.31 Å². The highest BCUT2D eigenvalue weighted by atomic mass is 32.2. The summed E-state index contributed by atoms with van der Waals surface area (Å²) >= 11 is 4.76. The lowest BCUT2D eigenvalue weighted by atomic mass is 10.2. The first-order chi connectivity index (χ1) is 9.34. The van der Waals surface area contributed by atoms with Gasteiger partial charge in [-0.25, -0.2) is 8.42 Å². The van der Waals surface area contributed by atoms with Crippen molar-refractivity contribution in [1.82, 2.24) is 9.62 Å². The predicted molar refractivity (Wildman–Crippen MR) is 77.6 cm³/mol. The molecule has 0 aromatic carbocycles. The lowest BCUT2D eigenvalue weighted by molar-refractivity contribution is -0.129. The fraction of sp³-hybridized carbons (Fsp3) is 0.818. The Labute approximate surface area is 123 Å². The highest BCUT2D eigenvalue weighted by Gasteiger charge is 2.41. The van der Waals surface area contributed by atoms with Crippen molar-refractivity contribution in [1.29, 1.82) is 0 Å². The van der Waals surface area contributed by atoms with Gasteiger partial charge in [0.2, 0.25) is 15.9 Å². The van der Waals surface area contributed by atoms with Gasteiger partial charge in [0.05, 0.1) is 18.2 Å². The summed E-state index contributed by atoms with van der Waals surface area (Å²) in [5.74, 6) is -0.314. The Kier molecular flexibility index (Phi) is 4.62. The van der Waals surface area contributed by atoms with Gasteiger partial charge in [-0.15, -0.1) is 0 Å². The summed E-state index contributed by atoms with van der Waals surface area (Å²) in [6.07, 6.45) is 1.88. The maximum atomic E-state index is 12.5. The fourth-order valence-electron chi connectivity index (χ4n) is 1.97. The van der Waals surface area contributed by atoms with Crippen molar-refractivity contribution in [2.24, 2.45) is 5.73 Å². The molecule has 1 saturated carbocycles. The third-order valence-corrected chi connectivity index (χ3v) is 6.22. The molecule has 0 spiro atoms. The summed E-state index contributed by atoms with van der Waals surface area (Å²) in [7, 11) is -3.74. The summed E-state index contributed by atoms with van der Waals surface area (Å²) in [6, 6.07) is -0.673. The lowest BCUT2D eigenvalue weighted by Gasteiger charge is -2.35. The number of carbonyl (C=O) groups is 1. The van der Waals surface area contributed by atoms with Crippen LogP contribution in [0, 0.1) is 0 Å². The van der Waals surface area contributed by atoms with Crippen LogP contribution in [0.5, 0.6) is 0 Å². The molecule has 0 aromatic heterocycles. The maximum Gasteiger partial charge on any atom is 0.241 e. The first-order valence-electron chi connectivity index (χ1n) is 6.52. The molecule has 1 saturated heterocycles. The largest absolute Gasteiger partial charge is 0.392 e. The highest BCUT2D eigenvalue weighted by molar-refractivity contribution is 7.92. The summed E-state index contributed by atoms with van der Waals surface area (Å²) in [6.45, 7) is 1.89. The van der Waals surface area contributed by atoms with Crippen molar-refractivity contribution in [2.75, 3.05) is 19.8 Å². The van der Waals surface area contributed by atoms with Crippen molar-refractivity contribution in [3.63, 3.8) is 0 Å². The second-order valence-corrected chi connectivity index (χ2v) is 7.75. The molecular weight excluding hydrogens is 302 g/mol. The van der Waals surface area contributed by atoms with Crippen molar-refractivity contribution in [3.05, 3.63) is 0 Å². The fourth-order valence-corrected chi connectivity index (χ4v) is 3.88. The van der Waals surface area contributed by atoms with E-state index in [-0.39, 0.29) is 36.7 Å². The molecular formula is C11H19N3O4S2. The minimum atomic E-state index is -3.74. The van der Waals surface area contributed by atoms with E-state index in [1.54, 1.807) is 0 Å². The van der Waals surface area contributed by atoms with Gasteiger partial charge >= 0.3 is 0 Å². The average molecular weight is 321 g/mol. The van der Waals surface area contributed by atoms with E-state index in [4.69, 9.17) is 22.7 Å². The Bertz CT molecular complexity index is 504. The molecule has 9 heteroatoms. The normalized spacial score (nSPS) is 25.9. The van der Waals surface area contributed by atoms with Crippen LogP contribution < -0.4 is 11.1 Å². The van der Waals surface area contributed by atoms with Gasteiger partial charge in [-0.3, -0.25) is 4.79 Å². The van der Waals surface area contributed by atoms with Crippen LogP contribution in [0.1, 0.15) is 19.8 Å². The standard InChI is InChI=1S/C11H19N3O4S2/c1-7(10(12)19)20(16,17)14-4-5-18-6-9(14)11(15)13-8-2-3-8/h7-9H,2-6H2,1H3,(H2,12,19)(H,13,15). The number of thiocarbonyl (C=S) groups is 1. The Morgan fingerprint density at radius 1 is 1.50 bits per heavy atom. The summed E-state index contributed by atoms with van der Waals surface area (Å²) in [5, 5.41) is 1.81. The quantitative estimate of drug-likeness (QED) is 0.628. The van der Waals surface area contributed by atoms with Gasteiger partial charge in [0.1, 0.15) is 11.3 Å². The number of amides is 1. The summed E-state index contributed by atoms with van der Waals surface area (Å²) < 4.78 is 31.3. The van der Waals surface area contributed by atoms with E-state index in [9.17, 15) is 13.2 Å². The van der Waals surface area contributed by atoms with Crippen LogP contribution >= 0.6 is 12.2 Å². The van der Waals surface area contributed by atoms with Gasteiger partial charge in [0, 0.05) is 12.6 Å². The first-order valence-corrected chi connectivity index (χ1v) is 8.43. The van der Waals surface area contributed by atoms with E-state index in [2.05, 4.69) is 5.32 Å². The van der Waals surface area contributed by atoms with Crippen molar-refractivity contribution < 1.29 is 17.9 Å². The zero-order valence-electron chi connectivity index (χ0n) is 11.2. The second kappa shape index (κ2) is 5.92. The van der Waals surface area contributed by atoms with Crippen molar-refractivity contribution in [2.45, 2.75) is 37.1 Å². The number of carbonyl (C=O) groups excluding carboxylic acids is 1. The minimum Gasteiger partial charge on any atom is -0.392 e. The number of sulfonamides is 1. The highest BCUT2D eigenvalue weighted by Crippen LogP contribution is 2.21. The average Bonchev–Trinajstić information content (AvgIpc) is 3.21. The Morgan fingerprint density at radius 2 is 2.15 bits per heavy atom. The van der Waals surface area contributed by atoms with E-state index in [1.807, 2.05) is 0 Å². The monoisotopic (exact) mass is 321 g/mol. The number of morpholine rings is 1. The number of nitrogens with one attached hydrogen (secondary N) is 1. The molecule has 2 rings (SSSR count). The molecule has 3 N–H and O–H groups in total. The molecule has 0 radical (unpaired) electrons. The number of nitrogens with zero attached hydrogens (tertiary/aromatic N) is 1. The van der Waals surface area contributed by atoms with Gasteiger partial charge in [-0.05, 0) is 19.8 Å². The third-order valence-electron chi connectivity index (χ3n) is 3.48. The van der Waals surface area contributed by atoms with Crippen LogP contribution in [-0.4, -0.2) is 60.7 Å². The Hall–Kier alpha value is -0.770. The van der Waals surface area contributed by atoms with Crippen LogP contribution in [0.15, 0.2) is 0 Å². The molecule has 2 aliphatic rings. The lowest BCUT2D eigenvalue weighted by Crippen LogP contribution is -2.58. The van der Waals surface area contributed by atoms with Gasteiger partial charge in [0.15, 0.2) is 0 Å².